The molecule has 0 atom stereocenters. The Morgan fingerprint density at radius 2 is 2.04 bits per heavy atom. The van der Waals surface area contributed by atoms with Crippen molar-refractivity contribution in [3.8, 4) is 5.75 Å². The fourth-order valence-corrected chi connectivity index (χ4v) is 4.09. The lowest BCUT2D eigenvalue weighted by Crippen LogP contribution is -2.19. The number of fused-ring (bicyclic) bond motifs is 1. The first-order valence-corrected chi connectivity index (χ1v) is 9.34. The van der Waals surface area contributed by atoms with Crippen LogP contribution in [0.15, 0.2) is 39.6 Å². The molecule has 3 aromatic rings. The second-order valence-corrected chi connectivity index (χ2v) is 7.43. The molecule has 0 radical (unpaired) electrons. The summed E-state index contributed by atoms with van der Waals surface area (Å²) in [5, 5.41) is 3.49. The molecule has 0 unspecified atom stereocenters. The monoisotopic (exact) mass is 386 g/mol. The number of rotatable bonds is 5. The van der Waals surface area contributed by atoms with Gasteiger partial charge in [0.2, 0.25) is 0 Å². The van der Waals surface area contributed by atoms with Crippen molar-refractivity contribution in [3.05, 3.63) is 50.0 Å². The van der Waals surface area contributed by atoms with E-state index in [1.54, 1.807) is 29.8 Å². The summed E-state index contributed by atoms with van der Waals surface area (Å²) in [6, 6.07) is 7.07. The number of aromatic nitrogens is 2. The summed E-state index contributed by atoms with van der Waals surface area (Å²) in [5.41, 5.74) is 0.707. The van der Waals surface area contributed by atoms with Crippen molar-refractivity contribution in [1.29, 1.82) is 0 Å². The van der Waals surface area contributed by atoms with Gasteiger partial charge in [0.1, 0.15) is 4.70 Å². The van der Waals surface area contributed by atoms with Gasteiger partial charge in [-0.25, -0.2) is 4.98 Å². The van der Waals surface area contributed by atoms with Gasteiger partial charge in [-0.3, -0.25) is 9.36 Å². The molecule has 0 saturated carbocycles. The zero-order valence-electron chi connectivity index (χ0n) is 12.1. The van der Waals surface area contributed by atoms with Crippen LogP contribution in [0.3, 0.4) is 0 Å². The Morgan fingerprint density at radius 1 is 1.30 bits per heavy atom. The summed E-state index contributed by atoms with van der Waals surface area (Å²) in [5.74, 6) is 1.10. The van der Waals surface area contributed by atoms with E-state index in [-0.39, 0.29) is 5.56 Å². The smallest absolute Gasteiger partial charge is 0.271 e. The molecule has 0 bridgehead atoms. The van der Waals surface area contributed by atoms with Crippen molar-refractivity contribution in [2.24, 2.45) is 7.05 Å². The lowest BCUT2D eigenvalue weighted by atomic mass is 10.3. The third-order valence-electron chi connectivity index (χ3n) is 3.13. The van der Waals surface area contributed by atoms with Crippen molar-refractivity contribution >= 4 is 56.5 Å². The zero-order chi connectivity index (χ0) is 16.4. The van der Waals surface area contributed by atoms with E-state index in [9.17, 15) is 4.79 Å². The quantitative estimate of drug-likeness (QED) is 0.368. The number of para-hydroxylation sites is 1. The summed E-state index contributed by atoms with van der Waals surface area (Å²) >= 11 is 15.0. The predicted molar refractivity (Wildman–Crippen MR) is 97.5 cm³/mol. The number of hydrogen-bond donors (Lipinski definition) is 0. The highest BCUT2D eigenvalue weighted by molar-refractivity contribution is 7.99. The lowest BCUT2D eigenvalue weighted by Gasteiger charge is -2.10. The lowest BCUT2D eigenvalue weighted by molar-refractivity contribution is 0.344. The minimum Gasteiger partial charge on any atom is -0.490 e. The first-order chi connectivity index (χ1) is 11.1. The minimum absolute atomic E-state index is 0.0254. The van der Waals surface area contributed by atoms with Gasteiger partial charge in [-0.15, -0.1) is 11.3 Å². The van der Waals surface area contributed by atoms with Crippen molar-refractivity contribution < 1.29 is 4.74 Å². The van der Waals surface area contributed by atoms with Crippen molar-refractivity contribution in [3.63, 3.8) is 0 Å². The SMILES string of the molecule is Cn1c(SCCOc2c(Cl)cccc2Cl)nc2ccsc2c1=O. The highest BCUT2D eigenvalue weighted by Gasteiger charge is 2.10. The molecule has 0 saturated heterocycles. The van der Waals surface area contributed by atoms with Crippen molar-refractivity contribution in [1.82, 2.24) is 9.55 Å². The number of hydrogen-bond acceptors (Lipinski definition) is 5. The fourth-order valence-electron chi connectivity index (χ4n) is 1.99. The highest BCUT2D eigenvalue weighted by Crippen LogP contribution is 2.32. The molecule has 23 heavy (non-hydrogen) atoms. The summed E-state index contributed by atoms with van der Waals surface area (Å²) in [4.78, 5) is 16.7. The first kappa shape index (κ1) is 16.6. The Bertz CT molecular complexity index is 888. The third kappa shape index (κ3) is 3.50. The van der Waals surface area contributed by atoms with Gasteiger partial charge in [0.05, 0.1) is 22.2 Å². The summed E-state index contributed by atoms with van der Waals surface area (Å²) in [6.45, 7) is 0.408. The average molecular weight is 387 g/mol. The van der Waals surface area contributed by atoms with E-state index in [0.717, 1.165) is 5.52 Å². The van der Waals surface area contributed by atoms with Gasteiger partial charge in [0.15, 0.2) is 10.9 Å². The van der Waals surface area contributed by atoms with E-state index in [1.807, 2.05) is 11.4 Å². The molecule has 0 aliphatic heterocycles. The van der Waals surface area contributed by atoms with Crippen LogP contribution in [0, 0.1) is 0 Å². The van der Waals surface area contributed by atoms with Crippen LogP contribution >= 0.6 is 46.3 Å². The van der Waals surface area contributed by atoms with Gasteiger partial charge >= 0.3 is 0 Å². The number of ether oxygens (including phenoxy) is 1. The number of nitrogens with zero attached hydrogens (tertiary/aromatic N) is 2. The summed E-state index contributed by atoms with van der Waals surface area (Å²) < 4.78 is 7.87. The summed E-state index contributed by atoms with van der Waals surface area (Å²) in [6.07, 6.45) is 0. The fraction of sp³-hybridized carbons (Fsp3) is 0.200. The standard InChI is InChI=1S/C15H12Cl2N2O2S2/c1-19-14(20)13-11(5-7-22-13)18-15(19)23-8-6-21-12-9(16)3-2-4-10(12)17/h2-5,7H,6,8H2,1H3. The largest absolute Gasteiger partial charge is 0.490 e. The molecule has 0 amide bonds. The van der Waals surface area contributed by atoms with E-state index in [2.05, 4.69) is 4.98 Å². The second-order valence-electron chi connectivity index (χ2n) is 4.64. The molecular formula is C15H12Cl2N2O2S2. The molecule has 2 aromatic heterocycles. The van der Waals surface area contributed by atoms with Crippen LogP contribution in [0.1, 0.15) is 0 Å². The van der Waals surface area contributed by atoms with Crippen LogP contribution in [-0.4, -0.2) is 21.9 Å². The molecule has 8 heteroatoms. The maximum absolute atomic E-state index is 12.2. The molecule has 0 N–H and O–H groups in total. The Kier molecular flexibility index (Phi) is 5.16. The topological polar surface area (TPSA) is 44.1 Å². The zero-order valence-corrected chi connectivity index (χ0v) is 15.2. The van der Waals surface area contributed by atoms with Gasteiger partial charge in [-0.2, -0.15) is 0 Å². The molecule has 1 aromatic carbocycles. The third-order valence-corrected chi connectivity index (χ3v) is 5.61. The Labute approximate surface area is 151 Å². The van der Waals surface area contributed by atoms with Gasteiger partial charge in [-0.1, -0.05) is 41.0 Å². The Morgan fingerprint density at radius 3 is 2.78 bits per heavy atom. The van der Waals surface area contributed by atoms with Crippen molar-refractivity contribution in [2.45, 2.75) is 5.16 Å². The van der Waals surface area contributed by atoms with Crippen LogP contribution in [0.2, 0.25) is 10.0 Å². The van der Waals surface area contributed by atoms with Gasteiger partial charge in [-0.05, 0) is 23.6 Å². The van der Waals surface area contributed by atoms with Gasteiger partial charge in [0, 0.05) is 12.8 Å². The van der Waals surface area contributed by atoms with Gasteiger partial charge < -0.3 is 4.74 Å². The molecule has 0 aliphatic rings. The minimum atomic E-state index is -0.0254. The number of thiophene rings is 1. The molecule has 0 spiro atoms. The molecular weight excluding hydrogens is 375 g/mol. The average Bonchev–Trinajstić information content (AvgIpc) is 2.99. The number of benzene rings is 1. The van der Waals surface area contributed by atoms with E-state index in [0.29, 0.717) is 38.0 Å². The van der Waals surface area contributed by atoms with Crippen LogP contribution in [0.5, 0.6) is 5.75 Å². The second kappa shape index (κ2) is 7.13. The first-order valence-electron chi connectivity index (χ1n) is 6.72. The highest BCUT2D eigenvalue weighted by atomic mass is 35.5. The summed E-state index contributed by atoms with van der Waals surface area (Å²) in [7, 11) is 1.72. The van der Waals surface area contributed by atoms with E-state index < -0.39 is 0 Å². The Hall–Kier alpha value is -1.21. The molecule has 120 valence electrons. The predicted octanol–water partition coefficient (Wildman–Crippen LogP) is 4.47. The van der Waals surface area contributed by atoms with Crippen LogP contribution < -0.4 is 10.3 Å². The molecule has 2 heterocycles. The maximum atomic E-state index is 12.2. The number of halogens is 2. The molecule has 3 rings (SSSR count). The van der Waals surface area contributed by atoms with Gasteiger partial charge in [0.25, 0.3) is 5.56 Å². The normalized spacial score (nSPS) is 11.1. The molecule has 0 aliphatic carbocycles. The maximum Gasteiger partial charge on any atom is 0.271 e. The van der Waals surface area contributed by atoms with Crippen LogP contribution in [0.4, 0.5) is 0 Å². The van der Waals surface area contributed by atoms with E-state index >= 15 is 0 Å². The van der Waals surface area contributed by atoms with Crippen molar-refractivity contribution in [2.75, 3.05) is 12.4 Å². The molecule has 0 fully saturated rings. The van der Waals surface area contributed by atoms with Crippen LogP contribution in [-0.2, 0) is 7.05 Å². The van der Waals surface area contributed by atoms with Crippen LogP contribution in [0.25, 0.3) is 10.2 Å². The van der Waals surface area contributed by atoms with E-state index in [1.165, 1.54) is 23.1 Å². The number of thioether (sulfide) groups is 1. The molecule has 4 nitrogen and oxygen atoms in total. The Balaban J connectivity index is 1.67. The van der Waals surface area contributed by atoms with E-state index in [4.69, 9.17) is 27.9 Å².